The fourth-order valence-electron chi connectivity index (χ4n) is 2.30. The summed E-state index contributed by atoms with van der Waals surface area (Å²) in [4.78, 5) is 0. The van der Waals surface area contributed by atoms with Gasteiger partial charge in [0.1, 0.15) is 5.82 Å². The van der Waals surface area contributed by atoms with Crippen molar-refractivity contribution in [2.75, 3.05) is 5.73 Å². The minimum absolute atomic E-state index is 0.734. The quantitative estimate of drug-likeness (QED) is 0.817. The lowest BCUT2D eigenvalue weighted by atomic mass is 10.1. The van der Waals surface area contributed by atoms with E-state index >= 15 is 0 Å². The highest BCUT2D eigenvalue weighted by Crippen LogP contribution is 2.25. The number of nitrogens with zero attached hydrogens (tertiary/aromatic N) is 2. The predicted molar refractivity (Wildman–Crippen MR) is 71.7 cm³/mol. The normalized spacial score (nSPS) is 10.9. The zero-order valence-corrected chi connectivity index (χ0v) is 11.1. The first-order valence-corrected chi connectivity index (χ1v) is 5.81. The zero-order valence-electron chi connectivity index (χ0n) is 11.1. The molecule has 0 amide bonds. The second kappa shape index (κ2) is 3.91. The molecule has 0 atom stereocenters. The van der Waals surface area contributed by atoms with Crippen LogP contribution in [0, 0.1) is 34.6 Å². The van der Waals surface area contributed by atoms with Crippen LogP contribution in [-0.2, 0) is 0 Å². The van der Waals surface area contributed by atoms with E-state index < -0.39 is 0 Å². The minimum atomic E-state index is 0.734. The molecule has 2 aromatic rings. The molecule has 0 bridgehead atoms. The van der Waals surface area contributed by atoms with Gasteiger partial charge in [-0.3, -0.25) is 0 Å². The number of nitrogens with two attached hydrogens (primary N) is 1. The molecular formula is C14H19N3. The number of hydrogen-bond acceptors (Lipinski definition) is 2. The van der Waals surface area contributed by atoms with Crippen LogP contribution >= 0.6 is 0 Å². The van der Waals surface area contributed by atoms with Crippen molar-refractivity contribution in [1.82, 2.24) is 9.78 Å². The SMILES string of the molecule is Cc1cc(C)c(-n2nc(C)c(C)c2N)c(C)c1. The Hall–Kier alpha value is -1.77. The average Bonchev–Trinajstić information content (AvgIpc) is 2.45. The van der Waals surface area contributed by atoms with Crippen molar-refractivity contribution in [3.05, 3.63) is 40.1 Å². The largest absolute Gasteiger partial charge is 0.383 e. The van der Waals surface area contributed by atoms with Crippen LogP contribution in [0.15, 0.2) is 12.1 Å². The highest BCUT2D eigenvalue weighted by Gasteiger charge is 2.13. The summed E-state index contributed by atoms with van der Waals surface area (Å²) in [5.74, 6) is 0.734. The van der Waals surface area contributed by atoms with Crippen molar-refractivity contribution >= 4 is 5.82 Å². The molecule has 2 rings (SSSR count). The molecule has 0 aliphatic heterocycles. The summed E-state index contributed by atoms with van der Waals surface area (Å²) < 4.78 is 1.86. The Morgan fingerprint density at radius 2 is 1.53 bits per heavy atom. The van der Waals surface area contributed by atoms with Crippen LogP contribution < -0.4 is 5.73 Å². The molecule has 0 saturated carbocycles. The monoisotopic (exact) mass is 229 g/mol. The highest BCUT2D eigenvalue weighted by molar-refractivity contribution is 5.55. The summed E-state index contributed by atoms with van der Waals surface area (Å²) in [6, 6.07) is 4.32. The molecule has 3 nitrogen and oxygen atoms in total. The minimum Gasteiger partial charge on any atom is -0.383 e. The van der Waals surface area contributed by atoms with Crippen LogP contribution in [0.5, 0.6) is 0 Å². The third-order valence-corrected chi connectivity index (χ3v) is 3.25. The molecule has 17 heavy (non-hydrogen) atoms. The van der Waals surface area contributed by atoms with E-state index in [1.807, 2.05) is 18.5 Å². The fourth-order valence-corrected chi connectivity index (χ4v) is 2.30. The van der Waals surface area contributed by atoms with Crippen molar-refractivity contribution in [2.45, 2.75) is 34.6 Å². The summed E-state index contributed by atoms with van der Waals surface area (Å²) in [6.45, 7) is 10.3. The fraction of sp³-hybridized carbons (Fsp3) is 0.357. The number of aryl methyl sites for hydroxylation is 4. The Bertz CT molecular complexity index is 556. The van der Waals surface area contributed by atoms with Crippen molar-refractivity contribution < 1.29 is 0 Å². The molecule has 0 spiro atoms. The van der Waals surface area contributed by atoms with Gasteiger partial charge in [0.25, 0.3) is 0 Å². The van der Waals surface area contributed by atoms with Gasteiger partial charge in [0.15, 0.2) is 0 Å². The summed E-state index contributed by atoms with van der Waals surface area (Å²) >= 11 is 0. The lowest BCUT2D eigenvalue weighted by Crippen LogP contribution is -2.06. The summed E-state index contributed by atoms with van der Waals surface area (Å²) in [7, 11) is 0. The van der Waals surface area contributed by atoms with Gasteiger partial charge in [-0.15, -0.1) is 0 Å². The molecule has 1 aromatic carbocycles. The van der Waals surface area contributed by atoms with Crippen LogP contribution in [0.25, 0.3) is 5.69 Å². The Kier molecular flexibility index (Phi) is 2.69. The van der Waals surface area contributed by atoms with Gasteiger partial charge in [-0.05, 0) is 45.7 Å². The Labute approximate surface area is 102 Å². The van der Waals surface area contributed by atoms with E-state index in [-0.39, 0.29) is 0 Å². The van der Waals surface area contributed by atoms with Gasteiger partial charge in [0.05, 0.1) is 11.4 Å². The molecule has 1 heterocycles. The van der Waals surface area contributed by atoms with Gasteiger partial charge in [-0.25, -0.2) is 4.68 Å². The number of rotatable bonds is 1. The molecule has 3 heteroatoms. The van der Waals surface area contributed by atoms with Gasteiger partial charge in [0.2, 0.25) is 0 Å². The molecule has 0 fully saturated rings. The third-order valence-electron chi connectivity index (χ3n) is 3.25. The number of anilines is 1. The molecule has 0 unspecified atom stereocenters. The number of aromatic nitrogens is 2. The number of nitrogen functional groups attached to an aromatic ring is 1. The van der Waals surface area contributed by atoms with E-state index in [0.717, 1.165) is 22.8 Å². The molecule has 1 aromatic heterocycles. The number of hydrogen-bond donors (Lipinski definition) is 1. The summed E-state index contributed by atoms with van der Waals surface area (Å²) in [5.41, 5.74) is 12.9. The van der Waals surface area contributed by atoms with E-state index in [1.54, 1.807) is 0 Å². The lowest BCUT2D eigenvalue weighted by molar-refractivity contribution is 0.857. The van der Waals surface area contributed by atoms with Gasteiger partial charge in [-0.2, -0.15) is 5.10 Å². The lowest BCUT2D eigenvalue weighted by Gasteiger charge is -2.12. The first-order chi connectivity index (χ1) is 7.91. The Balaban J connectivity index is 2.73. The van der Waals surface area contributed by atoms with Crippen molar-refractivity contribution in [2.24, 2.45) is 0 Å². The topological polar surface area (TPSA) is 43.8 Å². The van der Waals surface area contributed by atoms with Crippen molar-refractivity contribution in [1.29, 1.82) is 0 Å². The molecule has 2 N–H and O–H groups in total. The van der Waals surface area contributed by atoms with Crippen molar-refractivity contribution in [3.63, 3.8) is 0 Å². The Morgan fingerprint density at radius 3 is 1.94 bits per heavy atom. The second-order valence-corrected chi connectivity index (χ2v) is 4.75. The van der Waals surface area contributed by atoms with Crippen LogP contribution in [-0.4, -0.2) is 9.78 Å². The maximum Gasteiger partial charge on any atom is 0.130 e. The maximum absolute atomic E-state index is 6.11. The van der Waals surface area contributed by atoms with Gasteiger partial charge in [-0.1, -0.05) is 17.7 Å². The van der Waals surface area contributed by atoms with E-state index in [1.165, 1.54) is 16.7 Å². The molecular weight excluding hydrogens is 210 g/mol. The van der Waals surface area contributed by atoms with Crippen LogP contribution in [0.4, 0.5) is 5.82 Å². The first-order valence-electron chi connectivity index (χ1n) is 5.81. The predicted octanol–water partition coefficient (Wildman–Crippen LogP) is 3.00. The molecule has 0 aliphatic carbocycles. The Morgan fingerprint density at radius 1 is 1.00 bits per heavy atom. The van der Waals surface area contributed by atoms with Crippen LogP contribution in [0.1, 0.15) is 27.9 Å². The average molecular weight is 229 g/mol. The van der Waals surface area contributed by atoms with E-state index in [0.29, 0.717) is 0 Å². The summed E-state index contributed by atoms with van der Waals surface area (Å²) in [5, 5.41) is 4.52. The molecule has 0 radical (unpaired) electrons. The van der Waals surface area contributed by atoms with E-state index in [4.69, 9.17) is 5.73 Å². The standard InChI is InChI=1S/C14H19N3/c1-8-6-9(2)13(10(3)7-8)17-14(15)11(4)12(5)16-17/h6-7H,15H2,1-5H3. The van der Waals surface area contributed by atoms with Crippen LogP contribution in [0.2, 0.25) is 0 Å². The first kappa shape index (κ1) is 11.7. The summed E-state index contributed by atoms with van der Waals surface area (Å²) in [6.07, 6.45) is 0. The van der Waals surface area contributed by atoms with E-state index in [2.05, 4.69) is 38.0 Å². The van der Waals surface area contributed by atoms with Gasteiger partial charge < -0.3 is 5.73 Å². The van der Waals surface area contributed by atoms with Crippen molar-refractivity contribution in [3.8, 4) is 5.69 Å². The molecule has 0 saturated heterocycles. The van der Waals surface area contributed by atoms with Gasteiger partial charge >= 0.3 is 0 Å². The maximum atomic E-state index is 6.11. The molecule has 0 aliphatic rings. The highest BCUT2D eigenvalue weighted by atomic mass is 15.3. The molecule has 90 valence electrons. The third kappa shape index (κ3) is 1.82. The van der Waals surface area contributed by atoms with E-state index in [9.17, 15) is 0 Å². The second-order valence-electron chi connectivity index (χ2n) is 4.75. The van der Waals surface area contributed by atoms with Crippen LogP contribution in [0.3, 0.4) is 0 Å². The van der Waals surface area contributed by atoms with Gasteiger partial charge in [0, 0.05) is 5.56 Å². The smallest absolute Gasteiger partial charge is 0.130 e. The number of benzene rings is 1. The zero-order chi connectivity index (χ0) is 12.7.